The molecule has 0 aliphatic carbocycles. The van der Waals surface area contributed by atoms with Gasteiger partial charge >= 0.3 is 0 Å². The third kappa shape index (κ3) is 19.0. The molecule has 1 aliphatic heterocycles. The van der Waals surface area contributed by atoms with Crippen molar-refractivity contribution < 1.29 is 4.74 Å². The molecule has 1 fully saturated rings. The van der Waals surface area contributed by atoms with Gasteiger partial charge in [-0.15, -0.1) is 6.58 Å². The zero-order chi connectivity index (χ0) is 35.3. The molecule has 3 N–H and O–H groups in total. The monoisotopic (exact) mass is 643 g/mol. The summed E-state index contributed by atoms with van der Waals surface area (Å²) >= 11 is 0. The summed E-state index contributed by atoms with van der Waals surface area (Å²) in [6.07, 6.45) is 19.0. The molecule has 260 valence electrons. The van der Waals surface area contributed by atoms with E-state index >= 15 is 0 Å². The van der Waals surface area contributed by atoms with Gasteiger partial charge < -0.3 is 20.4 Å². The smallest absolute Gasteiger partial charge is 0.134 e. The minimum absolute atomic E-state index is 0.211. The highest BCUT2D eigenvalue weighted by Gasteiger charge is 2.28. The van der Waals surface area contributed by atoms with E-state index in [2.05, 4.69) is 125 Å². The summed E-state index contributed by atoms with van der Waals surface area (Å²) < 4.78 is 8.82. The van der Waals surface area contributed by atoms with Crippen LogP contribution in [0.5, 0.6) is 0 Å². The number of unbranched alkanes of at least 4 members (excludes halogenated alkanes) is 1. The summed E-state index contributed by atoms with van der Waals surface area (Å²) in [5.41, 5.74) is 11.1. The van der Waals surface area contributed by atoms with Crippen LogP contribution < -0.4 is 11.1 Å². The number of nitrogens with one attached hydrogen (secondary N) is 1. The molecule has 4 rings (SSSR count). The number of ether oxygens (including phenoxy) is 1. The summed E-state index contributed by atoms with van der Waals surface area (Å²) in [6, 6.07) is 14.6. The van der Waals surface area contributed by atoms with Crippen LogP contribution in [0.1, 0.15) is 140 Å². The van der Waals surface area contributed by atoms with Crippen molar-refractivity contribution in [2.75, 3.05) is 0 Å². The number of nitrogens with two attached hydrogens (primary N) is 1. The van der Waals surface area contributed by atoms with Crippen molar-refractivity contribution in [3.63, 3.8) is 0 Å². The molecular formula is C42H66N4O. The third-order valence-corrected chi connectivity index (χ3v) is 7.19. The van der Waals surface area contributed by atoms with E-state index in [9.17, 15) is 0 Å². The Morgan fingerprint density at radius 3 is 2.36 bits per heavy atom. The number of aromatic nitrogens is 2. The van der Waals surface area contributed by atoms with Crippen molar-refractivity contribution in [3.8, 4) is 11.8 Å². The van der Waals surface area contributed by atoms with E-state index < -0.39 is 0 Å². The van der Waals surface area contributed by atoms with Gasteiger partial charge in [-0.2, -0.15) is 0 Å². The Labute approximate surface area is 289 Å². The Morgan fingerprint density at radius 1 is 1.09 bits per heavy atom. The molecule has 1 aliphatic rings. The maximum atomic E-state index is 6.41. The lowest BCUT2D eigenvalue weighted by molar-refractivity contribution is -0.00388. The van der Waals surface area contributed by atoms with Crippen LogP contribution in [0.25, 0.3) is 0 Å². The highest BCUT2D eigenvalue weighted by Crippen LogP contribution is 2.35. The summed E-state index contributed by atoms with van der Waals surface area (Å²) in [5.74, 6) is 6.66. The van der Waals surface area contributed by atoms with Gasteiger partial charge in [-0.05, 0) is 92.6 Å². The minimum atomic E-state index is 0.211. The van der Waals surface area contributed by atoms with Crippen molar-refractivity contribution in [1.82, 2.24) is 14.9 Å². The molecule has 47 heavy (non-hydrogen) atoms. The van der Waals surface area contributed by atoms with Gasteiger partial charge in [0, 0.05) is 49.4 Å². The van der Waals surface area contributed by atoms with Gasteiger partial charge in [0.2, 0.25) is 0 Å². The van der Waals surface area contributed by atoms with E-state index in [4.69, 9.17) is 4.74 Å². The largest absolute Gasteiger partial charge is 0.405 e. The predicted molar refractivity (Wildman–Crippen MR) is 205 cm³/mol. The Hall–Kier alpha value is -3.59. The van der Waals surface area contributed by atoms with Crippen molar-refractivity contribution >= 4 is 0 Å². The molecule has 3 aromatic rings. The van der Waals surface area contributed by atoms with E-state index in [1.54, 1.807) is 6.08 Å². The van der Waals surface area contributed by atoms with Crippen LogP contribution >= 0.6 is 0 Å². The van der Waals surface area contributed by atoms with E-state index in [0.29, 0.717) is 12.0 Å². The van der Waals surface area contributed by atoms with Crippen LogP contribution in [0.3, 0.4) is 0 Å². The molecule has 0 bridgehead atoms. The zero-order valence-corrected chi connectivity index (χ0v) is 31.0. The van der Waals surface area contributed by atoms with Crippen LogP contribution in [-0.4, -0.2) is 15.7 Å². The molecule has 0 amide bonds. The van der Waals surface area contributed by atoms with Gasteiger partial charge in [0.25, 0.3) is 0 Å². The zero-order valence-electron chi connectivity index (χ0n) is 31.0. The number of nitrogens with zero attached hydrogens (tertiary/aromatic N) is 2. The molecule has 0 spiro atoms. The number of hydrogen-bond donors (Lipinski definition) is 2. The first kappa shape index (κ1) is 43.4. The molecule has 5 nitrogen and oxygen atoms in total. The maximum absolute atomic E-state index is 6.41. The van der Waals surface area contributed by atoms with E-state index in [1.807, 2.05) is 37.5 Å². The summed E-state index contributed by atoms with van der Waals surface area (Å²) in [4.78, 5) is 4.19. The molecule has 0 radical (unpaired) electrons. The van der Waals surface area contributed by atoms with Gasteiger partial charge in [-0.1, -0.05) is 103 Å². The molecule has 3 atom stereocenters. The first-order valence-corrected chi connectivity index (χ1v) is 17.7. The first-order valence-electron chi connectivity index (χ1n) is 17.7. The fourth-order valence-electron chi connectivity index (χ4n) is 4.96. The van der Waals surface area contributed by atoms with Crippen LogP contribution in [0, 0.1) is 18.8 Å². The van der Waals surface area contributed by atoms with Gasteiger partial charge in [0.1, 0.15) is 6.23 Å². The second-order valence-corrected chi connectivity index (χ2v) is 11.7. The second-order valence-electron chi connectivity index (χ2n) is 11.7. The molecule has 2 aromatic heterocycles. The Kier molecular flexibility index (Phi) is 26.4. The maximum Gasteiger partial charge on any atom is 0.134 e. The topological polar surface area (TPSA) is 65.1 Å². The SMILES string of the molecule is C=CC.C=CN.CCC.CCC#Cc1cccc(C)c1.CCCCC1CCC(n2ccc(CNCc3cccnc3)c2C(C)CC)O1. The number of allylic oxidation sites excluding steroid dienone is 1. The summed E-state index contributed by atoms with van der Waals surface area (Å²) in [6.45, 7) is 25.4. The molecular weight excluding hydrogens is 576 g/mol. The van der Waals surface area contributed by atoms with E-state index in [0.717, 1.165) is 37.9 Å². The molecule has 1 saturated heterocycles. The number of rotatable bonds is 10. The van der Waals surface area contributed by atoms with Gasteiger partial charge in [0.15, 0.2) is 0 Å². The fourth-order valence-corrected chi connectivity index (χ4v) is 4.96. The Balaban J connectivity index is 0.000000870. The van der Waals surface area contributed by atoms with E-state index in [-0.39, 0.29) is 6.23 Å². The van der Waals surface area contributed by atoms with Crippen molar-refractivity contribution in [2.45, 2.75) is 138 Å². The normalized spacial score (nSPS) is 14.9. The Morgan fingerprint density at radius 2 is 1.79 bits per heavy atom. The third-order valence-electron chi connectivity index (χ3n) is 7.19. The lowest BCUT2D eigenvalue weighted by Gasteiger charge is -2.22. The number of aryl methyl sites for hydroxylation is 1. The van der Waals surface area contributed by atoms with Gasteiger partial charge in [-0.25, -0.2) is 0 Å². The number of benzene rings is 1. The molecule has 3 unspecified atom stereocenters. The highest BCUT2D eigenvalue weighted by atomic mass is 16.5. The van der Waals surface area contributed by atoms with Gasteiger partial charge in [-0.3, -0.25) is 4.98 Å². The van der Waals surface area contributed by atoms with Crippen molar-refractivity contribution in [3.05, 3.63) is 114 Å². The van der Waals surface area contributed by atoms with Crippen molar-refractivity contribution in [2.24, 2.45) is 5.73 Å². The van der Waals surface area contributed by atoms with Crippen LogP contribution in [0.15, 0.2) is 86.5 Å². The quantitative estimate of drug-likeness (QED) is 0.171. The standard InChI is InChI=1S/C23H35N3O.C11H12.C3H8.C3H6.C2H5N/c1-4-6-9-21-10-11-22(27-21)26-14-12-20(23(26)18(3)5-2)17-25-16-19-8-7-13-24-15-19;1-3-4-7-11-8-5-6-10(2)9-11;2*1-3-2;1-2-3/h7-8,12-15,18,21-22,25H,4-6,9-11,16-17H2,1-3H3;5-6,8-9H,3H2,1-2H3;3H2,1-2H3;3H,1H2,2H3;2H,1,3H2. The number of hydrogen-bond acceptors (Lipinski definition) is 4. The van der Waals surface area contributed by atoms with Gasteiger partial charge in [0.05, 0.1) is 6.10 Å². The number of pyridine rings is 1. The molecule has 5 heteroatoms. The second kappa shape index (κ2) is 28.6. The Bertz CT molecular complexity index is 1250. The van der Waals surface area contributed by atoms with Crippen LogP contribution in [-0.2, 0) is 17.8 Å². The lowest BCUT2D eigenvalue weighted by Crippen LogP contribution is -2.18. The lowest BCUT2D eigenvalue weighted by atomic mass is 10.0. The van der Waals surface area contributed by atoms with Crippen LogP contribution in [0.2, 0.25) is 0 Å². The fraction of sp³-hybridized carbons (Fsp3) is 0.500. The van der Waals surface area contributed by atoms with E-state index in [1.165, 1.54) is 60.7 Å². The minimum Gasteiger partial charge on any atom is -0.405 e. The highest BCUT2D eigenvalue weighted by molar-refractivity contribution is 5.36. The summed E-state index contributed by atoms with van der Waals surface area (Å²) in [5, 5.41) is 3.58. The van der Waals surface area contributed by atoms with Crippen LogP contribution in [0.4, 0.5) is 0 Å². The molecule has 3 heterocycles. The molecule has 0 saturated carbocycles. The first-order chi connectivity index (χ1) is 22.8. The predicted octanol–water partition coefficient (Wildman–Crippen LogP) is 11.0. The van der Waals surface area contributed by atoms with Crippen molar-refractivity contribution in [1.29, 1.82) is 0 Å². The average Bonchev–Trinajstić information content (AvgIpc) is 3.72. The summed E-state index contributed by atoms with van der Waals surface area (Å²) in [7, 11) is 0. The molecule has 1 aromatic carbocycles. The average molecular weight is 643 g/mol.